The smallest absolute Gasteiger partial charge is 0.344 e. The van der Waals surface area contributed by atoms with E-state index in [9.17, 15) is 4.79 Å². The van der Waals surface area contributed by atoms with Gasteiger partial charge in [0.25, 0.3) is 0 Å². The number of fused-ring (bicyclic) bond motifs is 2. The number of piperidine rings is 1. The van der Waals surface area contributed by atoms with Crippen molar-refractivity contribution in [1.29, 1.82) is 0 Å². The van der Waals surface area contributed by atoms with Gasteiger partial charge in [-0.3, -0.25) is 4.98 Å². The molecule has 1 aliphatic heterocycles. The Kier molecular flexibility index (Phi) is 4.78. The Bertz CT molecular complexity index is 1330. The van der Waals surface area contributed by atoms with Crippen molar-refractivity contribution in [3.05, 3.63) is 58.5 Å². The quantitative estimate of drug-likeness (QED) is 0.507. The van der Waals surface area contributed by atoms with Gasteiger partial charge < -0.3 is 18.6 Å². The molecule has 160 valence electrons. The summed E-state index contributed by atoms with van der Waals surface area (Å²) in [6.07, 6.45) is 6.05. The van der Waals surface area contributed by atoms with Crippen molar-refractivity contribution in [2.75, 3.05) is 32.1 Å². The van der Waals surface area contributed by atoms with E-state index in [4.69, 9.17) is 4.42 Å². The molecular formula is C24H27N5O2. The zero-order valence-corrected chi connectivity index (χ0v) is 18.4. The largest absolute Gasteiger partial charge is 0.421 e. The monoisotopic (exact) mass is 417 g/mol. The number of hydrogen-bond donors (Lipinski definition) is 0. The topological polar surface area (TPSA) is 66.9 Å². The van der Waals surface area contributed by atoms with E-state index in [1.165, 1.54) is 0 Å². The number of aromatic nitrogens is 3. The van der Waals surface area contributed by atoms with Crippen LogP contribution in [0.3, 0.4) is 0 Å². The van der Waals surface area contributed by atoms with Gasteiger partial charge in [-0.05, 0) is 64.4 Å². The fourth-order valence-electron chi connectivity index (χ4n) is 4.56. The zero-order chi connectivity index (χ0) is 21.7. The van der Waals surface area contributed by atoms with Gasteiger partial charge in [0.1, 0.15) is 5.69 Å². The van der Waals surface area contributed by atoms with Crippen LogP contribution in [0.4, 0.5) is 5.69 Å². The molecule has 4 aromatic rings. The molecule has 0 spiro atoms. The van der Waals surface area contributed by atoms with E-state index in [1.807, 2.05) is 48.8 Å². The SMILES string of the molecule is Cc1cn2cc(-c3cc4ccc(N5CCC(N(C)C)CC5)cc4c(=O)o3)nc2c(C)n1. The van der Waals surface area contributed by atoms with Crippen molar-refractivity contribution in [3.8, 4) is 11.5 Å². The summed E-state index contributed by atoms with van der Waals surface area (Å²) in [6, 6.07) is 8.59. The van der Waals surface area contributed by atoms with Crippen molar-refractivity contribution in [2.45, 2.75) is 32.7 Å². The Balaban J connectivity index is 1.49. The first-order chi connectivity index (χ1) is 14.9. The molecule has 1 aliphatic rings. The normalized spacial score (nSPS) is 15.5. The van der Waals surface area contributed by atoms with Crippen LogP contribution in [-0.2, 0) is 0 Å². The number of hydrogen-bond acceptors (Lipinski definition) is 6. The van der Waals surface area contributed by atoms with Gasteiger partial charge in [-0.15, -0.1) is 0 Å². The fraction of sp³-hybridized carbons (Fsp3) is 0.375. The fourth-order valence-corrected chi connectivity index (χ4v) is 4.56. The molecule has 0 bridgehead atoms. The van der Waals surface area contributed by atoms with Crippen molar-refractivity contribution in [2.24, 2.45) is 0 Å². The highest BCUT2D eigenvalue weighted by Crippen LogP contribution is 2.27. The molecule has 4 heterocycles. The average molecular weight is 418 g/mol. The van der Waals surface area contributed by atoms with Crippen LogP contribution in [0.5, 0.6) is 0 Å². The van der Waals surface area contributed by atoms with E-state index in [2.05, 4.69) is 39.9 Å². The Morgan fingerprint density at radius 2 is 1.84 bits per heavy atom. The van der Waals surface area contributed by atoms with Gasteiger partial charge >= 0.3 is 5.63 Å². The Morgan fingerprint density at radius 3 is 2.58 bits per heavy atom. The molecule has 0 radical (unpaired) electrons. The molecule has 3 aromatic heterocycles. The van der Waals surface area contributed by atoms with Gasteiger partial charge in [0.2, 0.25) is 0 Å². The number of nitrogens with zero attached hydrogens (tertiary/aromatic N) is 5. The van der Waals surface area contributed by atoms with Gasteiger partial charge in [-0.1, -0.05) is 6.07 Å². The summed E-state index contributed by atoms with van der Waals surface area (Å²) in [4.78, 5) is 26.6. The molecular weight excluding hydrogens is 390 g/mol. The van der Waals surface area contributed by atoms with Crippen LogP contribution < -0.4 is 10.5 Å². The van der Waals surface area contributed by atoms with Crippen molar-refractivity contribution >= 4 is 22.1 Å². The molecule has 0 N–H and O–H groups in total. The molecule has 1 fully saturated rings. The van der Waals surface area contributed by atoms with E-state index in [1.54, 1.807) is 0 Å². The molecule has 0 saturated carbocycles. The maximum atomic E-state index is 12.8. The highest BCUT2D eigenvalue weighted by Gasteiger charge is 2.21. The lowest BCUT2D eigenvalue weighted by atomic mass is 10.0. The van der Waals surface area contributed by atoms with Gasteiger partial charge in [0, 0.05) is 37.2 Å². The third kappa shape index (κ3) is 3.59. The van der Waals surface area contributed by atoms with Crippen molar-refractivity contribution in [1.82, 2.24) is 19.3 Å². The van der Waals surface area contributed by atoms with Crippen LogP contribution in [0.1, 0.15) is 24.2 Å². The van der Waals surface area contributed by atoms with E-state index in [-0.39, 0.29) is 5.63 Å². The summed E-state index contributed by atoms with van der Waals surface area (Å²) in [5.41, 5.74) is 3.90. The molecule has 0 unspecified atom stereocenters. The number of benzene rings is 1. The number of imidazole rings is 1. The Labute approximate surface area is 180 Å². The highest BCUT2D eigenvalue weighted by molar-refractivity contribution is 5.87. The van der Waals surface area contributed by atoms with Gasteiger partial charge in [0.05, 0.1) is 16.8 Å². The minimum absolute atomic E-state index is 0.333. The average Bonchev–Trinajstić information content (AvgIpc) is 3.18. The predicted octanol–water partition coefficient (Wildman–Crippen LogP) is 3.65. The highest BCUT2D eigenvalue weighted by atomic mass is 16.4. The van der Waals surface area contributed by atoms with Crippen LogP contribution in [0.25, 0.3) is 27.9 Å². The molecule has 7 heteroatoms. The Hall–Kier alpha value is -3.19. The summed E-state index contributed by atoms with van der Waals surface area (Å²) in [7, 11) is 4.28. The molecule has 5 rings (SSSR count). The van der Waals surface area contributed by atoms with Crippen LogP contribution in [0.2, 0.25) is 0 Å². The van der Waals surface area contributed by atoms with E-state index < -0.39 is 0 Å². The molecule has 7 nitrogen and oxygen atoms in total. The van der Waals surface area contributed by atoms with Crippen LogP contribution >= 0.6 is 0 Å². The van der Waals surface area contributed by atoms with E-state index in [0.717, 1.165) is 54.0 Å². The van der Waals surface area contributed by atoms with Crippen molar-refractivity contribution < 1.29 is 4.42 Å². The second-order valence-electron chi connectivity index (χ2n) is 8.68. The standard InChI is InChI=1S/C24H27N5O2/c1-15-13-29-14-21(26-23(29)16(2)25-15)22-11-17-5-6-19(12-20(17)24(30)31-22)28-9-7-18(8-10-28)27(3)4/h5-6,11-14,18H,7-10H2,1-4H3. The minimum atomic E-state index is -0.333. The maximum Gasteiger partial charge on any atom is 0.344 e. The van der Waals surface area contributed by atoms with E-state index >= 15 is 0 Å². The van der Waals surface area contributed by atoms with Gasteiger partial charge in [-0.2, -0.15) is 0 Å². The number of aryl methyl sites for hydroxylation is 2. The first-order valence-corrected chi connectivity index (χ1v) is 10.7. The summed E-state index contributed by atoms with van der Waals surface area (Å²) in [6.45, 7) is 5.86. The lowest BCUT2D eigenvalue weighted by molar-refractivity contribution is 0.249. The Morgan fingerprint density at radius 1 is 1.06 bits per heavy atom. The lowest BCUT2D eigenvalue weighted by Crippen LogP contribution is -2.42. The third-order valence-corrected chi connectivity index (χ3v) is 6.28. The van der Waals surface area contributed by atoms with Crippen LogP contribution in [-0.4, -0.2) is 52.5 Å². The summed E-state index contributed by atoms with van der Waals surface area (Å²) >= 11 is 0. The molecule has 0 atom stereocenters. The van der Waals surface area contributed by atoms with Gasteiger partial charge in [0.15, 0.2) is 11.4 Å². The summed E-state index contributed by atoms with van der Waals surface area (Å²) in [5, 5.41) is 1.47. The van der Waals surface area contributed by atoms with Gasteiger partial charge in [-0.25, -0.2) is 9.78 Å². The summed E-state index contributed by atoms with van der Waals surface area (Å²) in [5.74, 6) is 0.470. The minimum Gasteiger partial charge on any atom is -0.421 e. The number of anilines is 1. The van der Waals surface area contributed by atoms with Crippen LogP contribution in [0, 0.1) is 13.8 Å². The van der Waals surface area contributed by atoms with E-state index in [0.29, 0.717) is 22.9 Å². The third-order valence-electron chi connectivity index (χ3n) is 6.28. The number of rotatable bonds is 3. The molecule has 1 aromatic carbocycles. The first-order valence-electron chi connectivity index (χ1n) is 10.7. The predicted molar refractivity (Wildman–Crippen MR) is 123 cm³/mol. The molecule has 0 aliphatic carbocycles. The molecule has 0 amide bonds. The maximum absolute atomic E-state index is 12.8. The zero-order valence-electron chi connectivity index (χ0n) is 18.4. The van der Waals surface area contributed by atoms with Crippen molar-refractivity contribution in [3.63, 3.8) is 0 Å². The summed E-state index contributed by atoms with van der Waals surface area (Å²) < 4.78 is 7.62. The molecule has 31 heavy (non-hydrogen) atoms. The second kappa shape index (κ2) is 7.50. The van der Waals surface area contributed by atoms with Crippen LogP contribution in [0.15, 0.2) is 45.9 Å². The first kappa shape index (κ1) is 19.8. The molecule has 1 saturated heterocycles. The second-order valence-corrected chi connectivity index (χ2v) is 8.68. The lowest BCUT2D eigenvalue weighted by Gasteiger charge is -2.36.